The van der Waals surface area contributed by atoms with Crippen LogP contribution in [0.3, 0.4) is 0 Å². The monoisotopic (exact) mass is 341 g/mol. The van der Waals surface area contributed by atoms with E-state index in [-0.39, 0.29) is 23.2 Å². The lowest BCUT2D eigenvalue weighted by Gasteiger charge is -2.42. The standard InChI is InChI=1S/C17H28ClNO2Si/c1-17(2,3)22(4,5)21-13-7-8-15(20)14(10-13)12-6-9-16(18)19-11-12/h6,9,11,13-15,20H,7-8,10H2,1-5H3/t13-,14-,15-/m0/s1. The summed E-state index contributed by atoms with van der Waals surface area (Å²) in [5.41, 5.74) is 1.06. The Morgan fingerprint density at radius 3 is 2.50 bits per heavy atom. The molecular weight excluding hydrogens is 314 g/mol. The molecule has 1 aliphatic carbocycles. The highest BCUT2D eigenvalue weighted by Crippen LogP contribution is 2.41. The van der Waals surface area contributed by atoms with E-state index in [9.17, 15) is 5.11 Å². The van der Waals surface area contributed by atoms with Crippen molar-refractivity contribution in [3.05, 3.63) is 29.0 Å². The molecule has 2 rings (SSSR count). The lowest BCUT2D eigenvalue weighted by atomic mass is 9.81. The van der Waals surface area contributed by atoms with Crippen molar-refractivity contribution in [3.8, 4) is 0 Å². The number of aliphatic hydroxyl groups excluding tert-OH is 1. The number of pyridine rings is 1. The van der Waals surface area contributed by atoms with Gasteiger partial charge in [0.1, 0.15) is 5.15 Å². The zero-order valence-corrected chi connectivity index (χ0v) is 16.0. The minimum Gasteiger partial charge on any atom is -0.414 e. The molecule has 22 heavy (non-hydrogen) atoms. The molecule has 0 spiro atoms. The van der Waals surface area contributed by atoms with Gasteiger partial charge in [0.2, 0.25) is 0 Å². The quantitative estimate of drug-likeness (QED) is 0.637. The Bertz CT molecular complexity index is 498. The number of hydrogen-bond acceptors (Lipinski definition) is 3. The Morgan fingerprint density at radius 2 is 1.95 bits per heavy atom. The van der Waals surface area contributed by atoms with Crippen LogP contribution in [0.5, 0.6) is 0 Å². The van der Waals surface area contributed by atoms with E-state index in [2.05, 4.69) is 38.8 Å². The van der Waals surface area contributed by atoms with Crippen molar-refractivity contribution in [1.29, 1.82) is 0 Å². The van der Waals surface area contributed by atoms with E-state index in [1.54, 1.807) is 12.3 Å². The van der Waals surface area contributed by atoms with Crippen LogP contribution in [0, 0.1) is 0 Å². The van der Waals surface area contributed by atoms with E-state index in [0.29, 0.717) is 5.15 Å². The van der Waals surface area contributed by atoms with Crippen molar-refractivity contribution in [2.45, 2.75) is 76.3 Å². The van der Waals surface area contributed by atoms with Crippen molar-refractivity contribution in [1.82, 2.24) is 4.98 Å². The van der Waals surface area contributed by atoms with Gasteiger partial charge in [0.05, 0.1) is 6.10 Å². The van der Waals surface area contributed by atoms with Crippen LogP contribution in [0.1, 0.15) is 51.5 Å². The van der Waals surface area contributed by atoms with Gasteiger partial charge in [-0.1, -0.05) is 38.4 Å². The van der Waals surface area contributed by atoms with Crippen LogP contribution >= 0.6 is 11.6 Å². The van der Waals surface area contributed by atoms with Crippen molar-refractivity contribution in [2.24, 2.45) is 0 Å². The van der Waals surface area contributed by atoms with Gasteiger partial charge in [-0.15, -0.1) is 0 Å². The molecule has 1 saturated carbocycles. The first-order valence-corrected chi connectivity index (χ1v) is 11.4. The third-order valence-electron chi connectivity index (χ3n) is 5.21. The third-order valence-corrected chi connectivity index (χ3v) is 9.97. The lowest BCUT2D eigenvalue weighted by Crippen LogP contribution is -2.46. The van der Waals surface area contributed by atoms with Gasteiger partial charge in [0.25, 0.3) is 0 Å². The number of aliphatic hydroxyl groups is 1. The molecule has 0 amide bonds. The molecule has 124 valence electrons. The van der Waals surface area contributed by atoms with Gasteiger partial charge in [0.15, 0.2) is 8.32 Å². The molecular formula is C17H28ClNO2Si. The topological polar surface area (TPSA) is 42.4 Å². The van der Waals surface area contributed by atoms with Crippen LogP contribution in [0.15, 0.2) is 18.3 Å². The summed E-state index contributed by atoms with van der Waals surface area (Å²) >= 11 is 5.86. The van der Waals surface area contributed by atoms with Crippen LogP contribution in [0.2, 0.25) is 23.3 Å². The minimum atomic E-state index is -1.77. The van der Waals surface area contributed by atoms with E-state index in [1.165, 1.54) is 0 Å². The number of aromatic nitrogens is 1. The second-order valence-electron chi connectivity index (χ2n) is 7.90. The predicted octanol–water partition coefficient (Wildman–Crippen LogP) is 4.75. The van der Waals surface area contributed by atoms with Gasteiger partial charge in [-0.25, -0.2) is 4.98 Å². The van der Waals surface area contributed by atoms with Crippen molar-refractivity contribution in [3.63, 3.8) is 0 Å². The van der Waals surface area contributed by atoms with E-state index in [4.69, 9.17) is 16.0 Å². The number of hydrogen-bond donors (Lipinski definition) is 1. The van der Waals surface area contributed by atoms with E-state index >= 15 is 0 Å². The van der Waals surface area contributed by atoms with Crippen LogP contribution in [-0.2, 0) is 4.43 Å². The Labute approximate surface area is 140 Å². The minimum absolute atomic E-state index is 0.0910. The Hall–Kier alpha value is -0.423. The Balaban J connectivity index is 2.10. The zero-order chi connectivity index (χ0) is 16.5. The molecule has 0 aromatic carbocycles. The Morgan fingerprint density at radius 1 is 1.27 bits per heavy atom. The maximum atomic E-state index is 10.4. The molecule has 0 aliphatic heterocycles. The number of nitrogens with zero attached hydrogens (tertiary/aromatic N) is 1. The van der Waals surface area contributed by atoms with E-state index in [0.717, 1.165) is 24.8 Å². The van der Waals surface area contributed by atoms with E-state index in [1.807, 2.05) is 6.07 Å². The summed E-state index contributed by atoms with van der Waals surface area (Å²) in [5.74, 6) is 0.0910. The molecule has 5 heteroatoms. The summed E-state index contributed by atoms with van der Waals surface area (Å²) in [6.45, 7) is 11.4. The fourth-order valence-electron chi connectivity index (χ4n) is 2.78. The molecule has 1 aromatic heterocycles. The van der Waals surface area contributed by atoms with E-state index < -0.39 is 8.32 Å². The molecule has 0 unspecified atom stereocenters. The van der Waals surface area contributed by atoms with Crippen LogP contribution in [0.4, 0.5) is 0 Å². The molecule has 1 heterocycles. The third kappa shape index (κ3) is 4.10. The average molecular weight is 342 g/mol. The fourth-order valence-corrected chi connectivity index (χ4v) is 4.29. The molecule has 3 nitrogen and oxygen atoms in total. The maximum absolute atomic E-state index is 10.4. The highest BCUT2D eigenvalue weighted by Gasteiger charge is 2.41. The summed E-state index contributed by atoms with van der Waals surface area (Å²) in [4.78, 5) is 4.15. The average Bonchev–Trinajstić information content (AvgIpc) is 2.40. The van der Waals surface area contributed by atoms with Crippen molar-refractivity contribution in [2.75, 3.05) is 0 Å². The smallest absolute Gasteiger partial charge is 0.192 e. The first-order valence-electron chi connectivity index (χ1n) is 8.07. The van der Waals surface area contributed by atoms with Crippen LogP contribution in [-0.4, -0.2) is 30.6 Å². The highest BCUT2D eigenvalue weighted by molar-refractivity contribution is 6.74. The number of rotatable bonds is 3. The molecule has 3 atom stereocenters. The summed E-state index contributed by atoms with van der Waals surface area (Å²) in [5, 5.41) is 11.1. The summed E-state index contributed by atoms with van der Waals surface area (Å²) < 4.78 is 6.55. The van der Waals surface area contributed by atoms with Crippen LogP contribution < -0.4 is 0 Å². The number of halogens is 1. The first-order chi connectivity index (χ1) is 10.1. The molecule has 0 bridgehead atoms. The zero-order valence-electron chi connectivity index (χ0n) is 14.3. The van der Waals surface area contributed by atoms with Gasteiger partial charge in [-0.3, -0.25) is 0 Å². The summed E-state index contributed by atoms with van der Waals surface area (Å²) in [6, 6.07) is 3.76. The van der Waals surface area contributed by atoms with Crippen LogP contribution in [0.25, 0.3) is 0 Å². The second-order valence-corrected chi connectivity index (χ2v) is 13.0. The fraction of sp³-hybridized carbons (Fsp3) is 0.706. The van der Waals surface area contributed by atoms with Crippen molar-refractivity contribution >= 4 is 19.9 Å². The van der Waals surface area contributed by atoms with Gasteiger partial charge in [0, 0.05) is 18.2 Å². The molecule has 0 saturated heterocycles. The SMILES string of the molecule is CC(C)(C)[Si](C)(C)O[C@H]1CC[C@H](O)[C@H](c2ccc(Cl)nc2)C1. The largest absolute Gasteiger partial charge is 0.414 e. The van der Waals surface area contributed by atoms with Gasteiger partial charge < -0.3 is 9.53 Å². The molecule has 1 fully saturated rings. The van der Waals surface area contributed by atoms with Gasteiger partial charge in [-0.05, 0) is 49.0 Å². The summed E-state index contributed by atoms with van der Waals surface area (Å²) in [6.07, 6.45) is 4.27. The maximum Gasteiger partial charge on any atom is 0.192 e. The molecule has 1 aliphatic rings. The normalized spacial score (nSPS) is 27.0. The lowest BCUT2D eigenvalue weighted by molar-refractivity contribution is 0.0407. The molecule has 0 radical (unpaired) electrons. The summed E-state index contributed by atoms with van der Waals surface area (Å²) in [7, 11) is -1.77. The molecule has 1 N–H and O–H groups in total. The molecule has 1 aromatic rings. The highest BCUT2D eigenvalue weighted by atomic mass is 35.5. The predicted molar refractivity (Wildman–Crippen MR) is 93.9 cm³/mol. The Kier molecular flexibility index (Phi) is 5.37. The van der Waals surface area contributed by atoms with Gasteiger partial charge in [-0.2, -0.15) is 0 Å². The first kappa shape index (κ1) is 17.9. The van der Waals surface area contributed by atoms with Crippen molar-refractivity contribution < 1.29 is 9.53 Å². The second kappa shape index (κ2) is 6.60. The van der Waals surface area contributed by atoms with Gasteiger partial charge >= 0.3 is 0 Å².